The average Bonchev–Trinajstić information content (AvgIpc) is 3.27. The van der Waals surface area contributed by atoms with Gasteiger partial charge in [-0.1, -0.05) is 13.8 Å². The lowest BCUT2D eigenvalue weighted by Gasteiger charge is -2.45. The lowest BCUT2D eigenvalue weighted by Crippen LogP contribution is -2.65. The number of fused-ring (bicyclic) bond motifs is 1. The van der Waals surface area contributed by atoms with Crippen molar-refractivity contribution in [2.24, 2.45) is 11.3 Å². The smallest absolute Gasteiger partial charge is 0.331 e. The lowest BCUT2D eigenvalue weighted by molar-refractivity contribution is -0.384. The van der Waals surface area contributed by atoms with E-state index in [0.29, 0.717) is 17.9 Å². The van der Waals surface area contributed by atoms with Gasteiger partial charge in [-0.15, -0.1) is 0 Å². The van der Waals surface area contributed by atoms with Gasteiger partial charge < -0.3 is 35.2 Å². The highest BCUT2D eigenvalue weighted by molar-refractivity contribution is 7.80. The number of esters is 1. The quantitative estimate of drug-likeness (QED) is 0.0590. The molecule has 3 rings (SSSR count). The zero-order valence-corrected chi connectivity index (χ0v) is 24.6. The van der Waals surface area contributed by atoms with Crippen LogP contribution in [-0.2, 0) is 35.3 Å². The van der Waals surface area contributed by atoms with Crippen molar-refractivity contribution in [2.75, 3.05) is 25.4 Å². The number of carbonyl (C=O) groups excluding carboxylic acids is 4. The third-order valence-electron chi connectivity index (χ3n) is 7.47. The highest BCUT2D eigenvalue weighted by atomic mass is 32.1. The topological polar surface area (TPSA) is 198 Å². The summed E-state index contributed by atoms with van der Waals surface area (Å²) in [5.74, 6) is -2.32. The van der Waals surface area contributed by atoms with Crippen molar-refractivity contribution >= 4 is 42.0 Å². The van der Waals surface area contributed by atoms with E-state index in [1.807, 2.05) is 0 Å². The number of amides is 3. The van der Waals surface area contributed by atoms with Gasteiger partial charge in [0.2, 0.25) is 17.7 Å². The summed E-state index contributed by atoms with van der Waals surface area (Å²) in [5, 5.41) is 36.8. The molecule has 0 radical (unpaired) electrons. The van der Waals surface area contributed by atoms with E-state index in [1.165, 1.54) is 36.1 Å². The van der Waals surface area contributed by atoms with Crippen LogP contribution < -0.4 is 10.6 Å². The Balaban J connectivity index is 1.62. The normalized spacial score (nSPS) is 22.9. The maximum absolute atomic E-state index is 13.2. The molecule has 0 bridgehead atoms. The van der Waals surface area contributed by atoms with Gasteiger partial charge in [0.25, 0.3) is 5.69 Å². The number of nitro groups is 1. The molecular formula is C27H38N4O10S. The van der Waals surface area contributed by atoms with E-state index in [1.54, 1.807) is 13.8 Å². The molecule has 0 spiro atoms. The average molecular weight is 611 g/mol. The molecule has 2 aliphatic heterocycles. The largest absolute Gasteiger partial charge is 0.459 e. The van der Waals surface area contributed by atoms with Crippen molar-refractivity contribution in [1.82, 2.24) is 15.5 Å². The van der Waals surface area contributed by atoms with Gasteiger partial charge in [-0.05, 0) is 31.0 Å². The van der Waals surface area contributed by atoms with Gasteiger partial charge in [0.05, 0.1) is 29.7 Å². The summed E-state index contributed by atoms with van der Waals surface area (Å²) in [4.78, 5) is 62.0. The summed E-state index contributed by atoms with van der Waals surface area (Å²) in [7, 11) is 0. The van der Waals surface area contributed by atoms with Gasteiger partial charge in [-0.25, -0.2) is 4.79 Å². The van der Waals surface area contributed by atoms with Gasteiger partial charge in [0.15, 0.2) is 6.04 Å². The van der Waals surface area contributed by atoms with Crippen molar-refractivity contribution < 1.29 is 43.8 Å². The summed E-state index contributed by atoms with van der Waals surface area (Å²) in [6, 6.07) is 3.92. The number of ether oxygens (including phenoxy) is 2. The molecule has 6 atom stereocenters. The molecule has 4 N–H and O–H groups in total. The van der Waals surface area contributed by atoms with Crippen LogP contribution in [0.2, 0.25) is 0 Å². The van der Waals surface area contributed by atoms with Crippen LogP contribution in [0.5, 0.6) is 0 Å². The Bertz CT molecular complexity index is 1160. The predicted octanol–water partition coefficient (Wildman–Crippen LogP) is -0.0573. The Morgan fingerprint density at radius 1 is 1.19 bits per heavy atom. The van der Waals surface area contributed by atoms with Crippen molar-refractivity contribution in [2.45, 2.75) is 70.6 Å². The van der Waals surface area contributed by atoms with Crippen LogP contribution in [-0.4, -0.2) is 99.6 Å². The molecule has 42 heavy (non-hydrogen) atoms. The Hall–Kier alpha value is -3.27. The minimum atomic E-state index is -1.50. The Labute approximate surface area is 248 Å². The first-order valence-electron chi connectivity index (χ1n) is 13.6. The molecule has 15 heteroatoms. The molecule has 2 heterocycles. The third kappa shape index (κ3) is 7.76. The number of nitrogens with one attached hydrogen (secondary N) is 2. The molecule has 1 aromatic rings. The van der Waals surface area contributed by atoms with Crippen LogP contribution in [0.4, 0.5) is 5.69 Å². The Morgan fingerprint density at radius 3 is 2.45 bits per heavy atom. The number of nitrogens with zero attached hydrogens (tertiary/aromatic N) is 2. The second kappa shape index (κ2) is 14.3. The maximum Gasteiger partial charge on any atom is 0.331 e. The highest BCUT2D eigenvalue weighted by Crippen LogP contribution is 2.43. The summed E-state index contributed by atoms with van der Waals surface area (Å²) < 4.78 is 11.5. The highest BCUT2D eigenvalue weighted by Gasteiger charge is 2.62. The number of non-ortho nitro benzene ring substituents is 1. The summed E-state index contributed by atoms with van der Waals surface area (Å²) in [6.45, 7) is 4.78. The van der Waals surface area contributed by atoms with Crippen LogP contribution in [0.1, 0.15) is 39.2 Å². The van der Waals surface area contributed by atoms with Crippen molar-refractivity contribution in [3.8, 4) is 0 Å². The molecule has 1 aromatic carbocycles. The molecule has 0 aliphatic carbocycles. The molecule has 232 valence electrons. The maximum atomic E-state index is 13.2. The third-order valence-corrected chi connectivity index (χ3v) is 7.69. The zero-order chi connectivity index (χ0) is 31.2. The molecular weight excluding hydrogens is 572 g/mol. The fourth-order valence-electron chi connectivity index (χ4n) is 5.08. The van der Waals surface area contributed by atoms with Gasteiger partial charge >= 0.3 is 5.97 Å². The van der Waals surface area contributed by atoms with Crippen molar-refractivity contribution in [3.05, 3.63) is 39.9 Å². The second-order valence-corrected chi connectivity index (χ2v) is 11.6. The lowest BCUT2D eigenvalue weighted by atomic mass is 9.84. The number of nitro benzene ring substituents is 1. The van der Waals surface area contributed by atoms with Crippen molar-refractivity contribution in [1.29, 1.82) is 0 Å². The summed E-state index contributed by atoms with van der Waals surface area (Å²) in [6.07, 6.45) is -3.01. The molecule has 3 amide bonds. The number of hydrogen-bond acceptors (Lipinski definition) is 11. The molecule has 0 saturated carbocycles. The number of carbonyl (C=O) groups is 4. The molecule has 6 unspecified atom stereocenters. The Kier molecular flexibility index (Phi) is 11.3. The predicted molar refractivity (Wildman–Crippen MR) is 151 cm³/mol. The standard InChI is InChI=1S/C27H38N4O10S/c1-15(32)21-18-12-19(41-14-27(2,3)23(34)24(35)29-9-8-20(33)28-10-11-42)22(30(18)25(21)36)26(37)40-13-16-4-6-17(7-5-16)31(38)39/h4-7,15,18-19,21-23,32,34,42H,8-14H2,1-3H3,(H,28,33)(H,29,35). The second-order valence-electron chi connectivity index (χ2n) is 11.1. The number of thiol groups is 1. The van der Waals surface area contributed by atoms with Gasteiger partial charge in [-0.3, -0.25) is 24.5 Å². The molecule has 14 nitrogen and oxygen atoms in total. The van der Waals surface area contributed by atoms with E-state index >= 15 is 0 Å². The summed E-state index contributed by atoms with van der Waals surface area (Å²) >= 11 is 4.01. The molecule has 0 aromatic heterocycles. The number of benzene rings is 1. The number of β-lactam (4-membered cyclic amide) rings is 1. The molecule has 2 fully saturated rings. The number of aliphatic hydroxyl groups is 2. The molecule has 2 aliphatic rings. The van der Waals surface area contributed by atoms with E-state index in [2.05, 4.69) is 23.3 Å². The number of hydrogen-bond donors (Lipinski definition) is 5. The molecule has 2 saturated heterocycles. The van der Waals surface area contributed by atoms with Crippen LogP contribution in [0.3, 0.4) is 0 Å². The van der Waals surface area contributed by atoms with E-state index in [4.69, 9.17) is 9.47 Å². The van der Waals surface area contributed by atoms with E-state index in [0.717, 1.165) is 0 Å². The first-order chi connectivity index (χ1) is 19.8. The minimum Gasteiger partial charge on any atom is -0.459 e. The van der Waals surface area contributed by atoms with Gasteiger partial charge in [-0.2, -0.15) is 12.6 Å². The fourth-order valence-corrected chi connectivity index (χ4v) is 5.19. The number of rotatable bonds is 15. The minimum absolute atomic E-state index is 0.0238. The van der Waals surface area contributed by atoms with E-state index < -0.39 is 64.4 Å². The van der Waals surface area contributed by atoms with Crippen LogP contribution in [0.25, 0.3) is 0 Å². The fraction of sp³-hybridized carbons (Fsp3) is 0.630. The summed E-state index contributed by atoms with van der Waals surface area (Å²) in [5.41, 5.74) is -0.719. The zero-order valence-electron chi connectivity index (χ0n) is 23.7. The van der Waals surface area contributed by atoms with E-state index in [9.17, 15) is 39.5 Å². The van der Waals surface area contributed by atoms with E-state index in [-0.39, 0.29) is 44.2 Å². The Morgan fingerprint density at radius 2 is 1.86 bits per heavy atom. The number of aliphatic hydroxyl groups excluding tert-OH is 2. The van der Waals surface area contributed by atoms with Crippen LogP contribution >= 0.6 is 12.6 Å². The van der Waals surface area contributed by atoms with Gasteiger partial charge in [0.1, 0.15) is 12.7 Å². The van der Waals surface area contributed by atoms with Crippen LogP contribution in [0.15, 0.2) is 24.3 Å². The van der Waals surface area contributed by atoms with Crippen LogP contribution in [0, 0.1) is 21.4 Å². The first kappa shape index (κ1) is 33.2. The van der Waals surface area contributed by atoms with Gasteiger partial charge in [0, 0.05) is 48.9 Å². The monoisotopic (exact) mass is 610 g/mol. The van der Waals surface area contributed by atoms with Crippen molar-refractivity contribution in [3.63, 3.8) is 0 Å². The SMILES string of the molecule is CC(O)C1C(=O)N2C1CC(OCC(C)(C)C(O)C(=O)NCCC(=O)NCCS)C2C(=O)OCc1ccc([N+](=O)[O-])cc1. The first-order valence-corrected chi connectivity index (χ1v) is 14.3.